The van der Waals surface area contributed by atoms with E-state index in [1.807, 2.05) is 4.90 Å². The number of hydrogen-bond donors (Lipinski definition) is 1. The first-order valence-electron chi connectivity index (χ1n) is 5.39. The molecule has 6 nitrogen and oxygen atoms in total. The highest BCUT2D eigenvalue weighted by Crippen LogP contribution is 2.17. The molecular formula is C10H15N3O3S. The Morgan fingerprint density at radius 3 is 2.94 bits per heavy atom. The molecule has 1 aromatic heterocycles. The van der Waals surface area contributed by atoms with Crippen molar-refractivity contribution >= 4 is 9.84 Å². The molecule has 1 aliphatic rings. The van der Waals surface area contributed by atoms with Crippen molar-refractivity contribution in [2.45, 2.75) is 18.1 Å². The zero-order chi connectivity index (χ0) is 12.5. The highest BCUT2D eigenvalue weighted by Gasteiger charge is 2.20. The fourth-order valence-electron chi connectivity index (χ4n) is 1.85. The third-order valence-electron chi connectivity index (χ3n) is 2.75. The first-order valence-corrected chi connectivity index (χ1v) is 7.28. The van der Waals surface area contributed by atoms with Crippen LogP contribution in [0.3, 0.4) is 0 Å². The highest BCUT2D eigenvalue weighted by molar-refractivity contribution is 7.90. The molecular weight excluding hydrogens is 242 g/mol. The number of aliphatic hydroxyl groups excluding tert-OH is 1. The molecule has 0 atom stereocenters. The Balaban J connectivity index is 2.29. The molecule has 0 fully saturated rings. The van der Waals surface area contributed by atoms with Crippen LogP contribution in [0.5, 0.6) is 0 Å². The summed E-state index contributed by atoms with van der Waals surface area (Å²) in [7, 11) is -3.36. The molecule has 94 valence electrons. The molecule has 0 aliphatic carbocycles. The van der Waals surface area contributed by atoms with Crippen LogP contribution in [0.15, 0.2) is 11.4 Å². The number of aliphatic hydroxyl groups is 1. The van der Waals surface area contributed by atoms with Gasteiger partial charge in [-0.15, -0.1) is 0 Å². The number of aromatic nitrogens is 2. The molecule has 0 radical (unpaired) electrons. The maximum atomic E-state index is 11.3. The van der Waals surface area contributed by atoms with Gasteiger partial charge in [0.15, 0.2) is 0 Å². The summed E-state index contributed by atoms with van der Waals surface area (Å²) >= 11 is 0. The third-order valence-corrected chi connectivity index (χ3v) is 3.61. The highest BCUT2D eigenvalue weighted by atomic mass is 32.2. The zero-order valence-corrected chi connectivity index (χ0v) is 10.4. The Morgan fingerprint density at radius 1 is 1.53 bits per heavy atom. The van der Waals surface area contributed by atoms with Crippen molar-refractivity contribution in [3.05, 3.63) is 17.5 Å². The SMILES string of the molecule is CS(=O)(=O)c1ncc2c(n1)CN(CCO)CC2. The van der Waals surface area contributed by atoms with Crippen LogP contribution >= 0.6 is 0 Å². The van der Waals surface area contributed by atoms with Gasteiger partial charge in [0, 0.05) is 32.1 Å². The Hall–Kier alpha value is -1.05. The average molecular weight is 257 g/mol. The Bertz CT molecular complexity index is 516. The van der Waals surface area contributed by atoms with Crippen LogP contribution in [-0.4, -0.2) is 54.3 Å². The minimum absolute atomic E-state index is 0.0966. The Kier molecular flexibility index (Phi) is 3.41. The van der Waals surface area contributed by atoms with E-state index in [1.54, 1.807) is 6.20 Å². The number of nitrogens with zero attached hydrogens (tertiary/aromatic N) is 3. The summed E-state index contributed by atoms with van der Waals surface area (Å²) in [6.45, 7) is 2.09. The molecule has 0 amide bonds. The molecule has 0 saturated carbocycles. The van der Waals surface area contributed by atoms with E-state index in [-0.39, 0.29) is 11.8 Å². The fourth-order valence-corrected chi connectivity index (χ4v) is 2.37. The van der Waals surface area contributed by atoms with Gasteiger partial charge in [-0.3, -0.25) is 4.90 Å². The topological polar surface area (TPSA) is 83.4 Å². The van der Waals surface area contributed by atoms with Crippen LogP contribution < -0.4 is 0 Å². The van der Waals surface area contributed by atoms with Gasteiger partial charge < -0.3 is 5.11 Å². The molecule has 0 aromatic carbocycles. The number of hydrogen-bond acceptors (Lipinski definition) is 6. The molecule has 0 unspecified atom stereocenters. The van der Waals surface area contributed by atoms with E-state index in [4.69, 9.17) is 5.11 Å². The lowest BCUT2D eigenvalue weighted by Crippen LogP contribution is -2.33. The predicted molar refractivity (Wildman–Crippen MR) is 61.2 cm³/mol. The second kappa shape index (κ2) is 4.67. The summed E-state index contributed by atoms with van der Waals surface area (Å²) in [5.41, 5.74) is 1.74. The molecule has 0 spiro atoms. The largest absolute Gasteiger partial charge is 0.395 e. The minimum atomic E-state index is -3.36. The van der Waals surface area contributed by atoms with E-state index in [0.29, 0.717) is 13.1 Å². The second-order valence-corrected chi connectivity index (χ2v) is 6.06. The minimum Gasteiger partial charge on any atom is -0.395 e. The lowest BCUT2D eigenvalue weighted by atomic mass is 10.1. The summed E-state index contributed by atoms with van der Waals surface area (Å²) in [5, 5.41) is 8.76. The lowest BCUT2D eigenvalue weighted by Gasteiger charge is -2.26. The van der Waals surface area contributed by atoms with Crippen LogP contribution in [0.25, 0.3) is 0 Å². The van der Waals surface area contributed by atoms with Crippen molar-refractivity contribution in [1.29, 1.82) is 0 Å². The van der Waals surface area contributed by atoms with Gasteiger partial charge in [-0.25, -0.2) is 18.4 Å². The predicted octanol–water partition coefficient (Wildman–Crippen LogP) is -0.769. The van der Waals surface area contributed by atoms with Crippen molar-refractivity contribution in [2.75, 3.05) is 26.0 Å². The van der Waals surface area contributed by atoms with Gasteiger partial charge in [0.1, 0.15) is 0 Å². The first kappa shape index (κ1) is 12.4. The summed E-state index contributed by atoms with van der Waals surface area (Å²) < 4.78 is 22.7. The summed E-state index contributed by atoms with van der Waals surface area (Å²) in [5.74, 6) is 0. The summed E-state index contributed by atoms with van der Waals surface area (Å²) in [4.78, 5) is 10.0. The normalized spacial score (nSPS) is 16.8. The lowest BCUT2D eigenvalue weighted by molar-refractivity contribution is 0.182. The maximum absolute atomic E-state index is 11.3. The van der Waals surface area contributed by atoms with E-state index in [2.05, 4.69) is 9.97 Å². The van der Waals surface area contributed by atoms with E-state index >= 15 is 0 Å². The maximum Gasteiger partial charge on any atom is 0.247 e. The van der Waals surface area contributed by atoms with Crippen LogP contribution in [0.2, 0.25) is 0 Å². The molecule has 1 aliphatic heterocycles. The van der Waals surface area contributed by atoms with Gasteiger partial charge in [-0.05, 0) is 12.0 Å². The molecule has 0 saturated heterocycles. The van der Waals surface area contributed by atoms with Gasteiger partial charge in [-0.1, -0.05) is 0 Å². The van der Waals surface area contributed by atoms with Gasteiger partial charge in [0.05, 0.1) is 12.3 Å². The van der Waals surface area contributed by atoms with E-state index in [0.717, 1.165) is 30.5 Å². The van der Waals surface area contributed by atoms with Crippen LogP contribution in [-0.2, 0) is 22.8 Å². The van der Waals surface area contributed by atoms with Gasteiger partial charge in [-0.2, -0.15) is 0 Å². The smallest absolute Gasteiger partial charge is 0.247 e. The number of β-amino-alcohol motifs (C(OH)–C–C–N with tert-alkyl or cyclic N) is 1. The van der Waals surface area contributed by atoms with Gasteiger partial charge in [0.25, 0.3) is 0 Å². The van der Waals surface area contributed by atoms with Crippen molar-refractivity contribution in [3.8, 4) is 0 Å². The summed E-state index contributed by atoms with van der Waals surface area (Å²) in [6, 6.07) is 0. The second-order valence-electron chi connectivity index (χ2n) is 4.15. The standard InChI is InChI=1S/C10H15N3O3S/c1-17(15,16)10-11-6-8-2-3-13(4-5-14)7-9(8)12-10/h6,14H,2-5,7H2,1H3. The van der Waals surface area contributed by atoms with Gasteiger partial charge >= 0.3 is 0 Å². The number of fused-ring (bicyclic) bond motifs is 1. The van der Waals surface area contributed by atoms with Crippen molar-refractivity contribution < 1.29 is 13.5 Å². The summed E-state index contributed by atoms with van der Waals surface area (Å²) in [6.07, 6.45) is 3.48. The van der Waals surface area contributed by atoms with Crippen molar-refractivity contribution in [3.63, 3.8) is 0 Å². The Morgan fingerprint density at radius 2 is 2.29 bits per heavy atom. The van der Waals surface area contributed by atoms with Crippen molar-refractivity contribution in [1.82, 2.24) is 14.9 Å². The average Bonchev–Trinajstić information content (AvgIpc) is 2.27. The van der Waals surface area contributed by atoms with Gasteiger partial charge in [0.2, 0.25) is 15.0 Å². The zero-order valence-electron chi connectivity index (χ0n) is 9.63. The first-order chi connectivity index (χ1) is 8.00. The molecule has 7 heteroatoms. The fraction of sp³-hybridized carbons (Fsp3) is 0.600. The van der Waals surface area contributed by atoms with E-state index < -0.39 is 9.84 Å². The molecule has 1 N–H and O–H groups in total. The Labute approximate surface area is 100 Å². The van der Waals surface area contributed by atoms with Crippen molar-refractivity contribution in [2.24, 2.45) is 0 Å². The monoisotopic (exact) mass is 257 g/mol. The quantitative estimate of drug-likeness (QED) is 0.716. The van der Waals surface area contributed by atoms with Crippen LogP contribution in [0, 0.1) is 0 Å². The molecule has 2 rings (SSSR count). The molecule has 0 bridgehead atoms. The van der Waals surface area contributed by atoms with E-state index in [1.165, 1.54) is 0 Å². The van der Waals surface area contributed by atoms with Crippen LogP contribution in [0.1, 0.15) is 11.3 Å². The van der Waals surface area contributed by atoms with Crippen LogP contribution in [0.4, 0.5) is 0 Å². The molecule has 2 heterocycles. The molecule has 17 heavy (non-hydrogen) atoms. The number of sulfone groups is 1. The number of rotatable bonds is 3. The molecule has 1 aromatic rings. The van der Waals surface area contributed by atoms with E-state index in [9.17, 15) is 8.42 Å². The third kappa shape index (κ3) is 2.80.